The van der Waals surface area contributed by atoms with Gasteiger partial charge in [-0.15, -0.1) is 0 Å². The second kappa shape index (κ2) is 5.39. The fourth-order valence-corrected chi connectivity index (χ4v) is 2.00. The number of hydrogen-bond acceptors (Lipinski definition) is 6. The number of aromatic amines is 1. The summed E-state index contributed by atoms with van der Waals surface area (Å²) < 4.78 is 6.48. The van der Waals surface area contributed by atoms with Gasteiger partial charge in [-0.3, -0.25) is 4.79 Å². The number of H-pyrrole nitrogens is 1. The summed E-state index contributed by atoms with van der Waals surface area (Å²) in [5.74, 6) is 0.346. The smallest absolute Gasteiger partial charge is 0.512 e. The Morgan fingerprint density at radius 1 is 1.24 bits per heavy atom. The van der Waals surface area contributed by atoms with E-state index in [2.05, 4.69) is 15.0 Å². The van der Waals surface area contributed by atoms with Crippen molar-refractivity contribution in [3.8, 4) is 5.75 Å². The molecule has 21 heavy (non-hydrogen) atoms. The standard InChI is InChI=1S/C12H11BN4O4/c18-12-10-11(14-6-15-12)17(7-16-10)5-8-1-3-9(4-2-8)21-13(19)20/h1-4,6-7,19-20H,5H2,(H,14,15,18). The number of benzene rings is 1. The minimum Gasteiger partial charge on any atom is -0.512 e. The predicted octanol–water partition coefficient (Wildman–Crippen LogP) is -0.484. The minimum absolute atomic E-state index is 0.278. The summed E-state index contributed by atoms with van der Waals surface area (Å²) in [5, 5.41) is 17.4. The Balaban J connectivity index is 1.85. The van der Waals surface area contributed by atoms with Gasteiger partial charge in [0.25, 0.3) is 5.56 Å². The Kier molecular flexibility index (Phi) is 3.42. The highest BCUT2D eigenvalue weighted by atomic mass is 16.6. The van der Waals surface area contributed by atoms with Crippen molar-refractivity contribution in [2.75, 3.05) is 0 Å². The van der Waals surface area contributed by atoms with Crippen LogP contribution in [-0.4, -0.2) is 36.9 Å². The van der Waals surface area contributed by atoms with Crippen LogP contribution < -0.4 is 10.2 Å². The van der Waals surface area contributed by atoms with Crippen molar-refractivity contribution in [1.29, 1.82) is 0 Å². The highest BCUT2D eigenvalue weighted by Crippen LogP contribution is 2.14. The number of imidazole rings is 1. The Morgan fingerprint density at radius 2 is 2.00 bits per heavy atom. The number of nitrogens with zero attached hydrogens (tertiary/aromatic N) is 3. The van der Waals surface area contributed by atoms with Crippen molar-refractivity contribution in [3.05, 3.63) is 52.8 Å². The van der Waals surface area contributed by atoms with Gasteiger partial charge in [-0.2, -0.15) is 0 Å². The van der Waals surface area contributed by atoms with Gasteiger partial charge in [0.15, 0.2) is 11.2 Å². The topological polar surface area (TPSA) is 113 Å². The molecule has 0 bridgehead atoms. The maximum Gasteiger partial charge on any atom is 0.707 e. The van der Waals surface area contributed by atoms with Crippen LogP contribution in [0, 0.1) is 0 Å². The summed E-state index contributed by atoms with van der Waals surface area (Å²) in [6.45, 7) is 0.481. The van der Waals surface area contributed by atoms with Crippen LogP contribution in [0.4, 0.5) is 0 Å². The first-order valence-electron chi connectivity index (χ1n) is 6.14. The van der Waals surface area contributed by atoms with Crippen molar-refractivity contribution in [2.24, 2.45) is 0 Å². The van der Waals surface area contributed by atoms with E-state index in [-0.39, 0.29) is 5.56 Å². The third kappa shape index (κ3) is 2.78. The van der Waals surface area contributed by atoms with Gasteiger partial charge < -0.3 is 24.3 Å². The maximum absolute atomic E-state index is 11.6. The Bertz CT molecular complexity index is 812. The molecule has 0 radical (unpaired) electrons. The number of rotatable bonds is 4. The zero-order valence-corrected chi connectivity index (χ0v) is 10.8. The van der Waals surface area contributed by atoms with Gasteiger partial charge in [-0.1, -0.05) is 12.1 Å². The fourth-order valence-electron chi connectivity index (χ4n) is 2.00. The molecule has 3 rings (SSSR count). The molecule has 0 saturated carbocycles. The molecular formula is C12H11BN4O4. The first-order valence-corrected chi connectivity index (χ1v) is 6.14. The SMILES string of the molecule is O=c1[nH]cnc2c1ncn2Cc1ccc(OB(O)O)cc1. The van der Waals surface area contributed by atoms with Crippen LogP contribution in [0.1, 0.15) is 5.56 Å². The molecule has 0 aliphatic rings. The molecule has 0 amide bonds. The summed E-state index contributed by atoms with van der Waals surface area (Å²) in [5.41, 5.74) is 1.45. The van der Waals surface area contributed by atoms with Gasteiger partial charge in [0.2, 0.25) is 0 Å². The average molecular weight is 286 g/mol. The molecule has 3 aromatic rings. The largest absolute Gasteiger partial charge is 0.707 e. The van der Waals surface area contributed by atoms with Crippen LogP contribution in [0.15, 0.2) is 41.7 Å². The Morgan fingerprint density at radius 3 is 2.71 bits per heavy atom. The molecule has 0 aliphatic heterocycles. The highest BCUT2D eigenvalue weighted by molar-refractivity contribution is 6.33. The first-order chi connectivity index (χ1) is 10.1. The second-order valence-corrected chi connectivity index (χ2v) is 4.36. The normalized spacial score (nSPS) is 10.8. The molecule has 0 aliphatic carbocycles. The summed E-state index contributed by atoms with van der Waals surface area (Å²) in [7, 11) is -1.84. The van der Waals surface area contributed by atoms with Gasteiger partial charge >= 0.3 is 7.32 Å². The third-order valence-corrected chi connectivity index (χ3v) is 2.93. The van der Waals surface area contributed by atoms with Crippen LogP contribution in [0.5, 0.6) is 5.75 Å². The van der Waals surface area contributed by atoms with Gasteiger partial charge in [0.05, 0.1) is 19.2 Å². The summed E-state index contributed by atoms with van der Waals surface area (Å²) in [6.07, 6.45) is 2.89. The highest BCUT2D eigenvalue weighted by Gasteiger charge is 2.11. The van der Waals surface area contributed by atoms with Gasteiger partial charge in [0.1, 0.15) is 5.75 Å². The molecule has 0 spiro atoms. The molecule has 0 unspecified atom stereocenters. The predicted molar refractivity (Wildman–Crippen MR) is 74.5 cm³/mol. The lowest BCUT2D eigenvalue weighted by atomic mass is 10.2. The van der Waals surface area contributed by atoms with Crippen molar-refractivity contribution >= 4 is 18.5 Å². The molecular weight excluding hydrogens is 275 g/mol. The average Bonchev–Trinajstić information content (AvgIpc) is 2.85. The van der Waals surface area contributed by atoms with E-state index in [1.807, 2.05) is 0 Å². The van der Waals surface area contributed by atoms with Gasteiger partial charge in [-0.05, 0) is 17.7 Å². The molecule has 3 N–H and O–H groups in total. The van der Waals surface area contributed by atoms with E-state index >= 15 is 0 Å². The van der Waals surface area contributed by atoms with E-state index in [0.29, 0.717) is 23.5 Å². The van der Waals surface area contributed by atoms with E-state index in [4.69, 9.17) is 14.7 Å². The zero-order chi connectivity index (χ0) is 14.8. The quantitative estimate of drug-likeness (QED) is 0.558. The number of nitrogens with one attached hydrogen (secondary N) is 1. The summed E-state index contributed by atoms with van der Waals surface area (Å²) >= 11 is 0. The van der Waals surface area contributed by atoms with E-state index < -0.39 is 7.32 Å². The fraction of sp³-hybridized carbons (Fsp3) is 0.0833. The molecule has 2 heterocycles. The minimum atomic E-state index is -1.84. The third-order valence-electron chi connectivity index (χ3n) is 2.93. The molecule has 8 nitrogen and oxygen atoms in total. The monoisotopic (exact) mass is 286 g/mol. The Hall–Kier alpha value is -2.65. The lowest BCUT2D eigenvalue weighted by Crippen LogP contribution is -2.20. The van der Waals surface area contributed by atoms with Gasteiger partial charge in [-0.25, -0.2) is 9.97 Å². The van der Waals surface area contributed by atoms with E-state index in [9.17, 15) is 4.79 Å². The zero-order valence-electron chi connectivity index (χ0n) is 10.8. The maximum atomic E-state index is 11.6. The molecule has 9 heteroatoms. The van der Waals surface area contributed by atoms with E-state index in [0.717, 1.165) is 5.56 Å². The van der Waals surface area contributed by atoms with Crippen LogP contribution in [0.25, 0.3) is 11.2 Å². The molecule has 2 aromatic heterocycles. The van der Waals surface area contributed by atoms with Crippen LogP contribution in [0.3, 0.4) is 0 Å². The number of fused-ring (bicyclic) bond motifs is 1. The number of hydrogen-bond donors (Lipinski definition) is 3. The van der Waals surface area contributed by atoms with Crippen molar-refractivity contribution in [1.82, 2.24) is 19.5 Å². The molecule has 0 atom stereocenters. The van der Waals surface area contributed by atoms with E-state index in [1.54, 1.807) is 35.2 Å². The molecule has 0 fully saturated rings. The van der Waals surface area contributed by atoms with Crippen LogP contribution in [-0.2, 0) is 6.54 Å². The van der Waals surface area contributed by atoms with Gasteiger partial charge in [0, 0.05) is 0 Å². The van der Waals surface area contributed by atoms with Crippen molar-refractivity contribution in [2.45, 2.75) is 6.54 Å². The molecule has 0 saturated heterocycles. The second-order valence-electron chi connectivity index (χ2n) is 4.36. The first kappa shape index (κ1) is 13.3. The van der Waals surface area contributed by atoms with Crippen LogP contribution in [0.2, 0.25) is 0 Å². The number of aromatic nitrogens is 4. The summed E-state index contributed by atoms with van der Waals surface area (Å²) in [4.78, 5) is 22.2. The lowest BCUT2D eigenvalue weighted by Gasteiger charge is -2.07. The molecule has 106 valence electrons. The van der Waals surface area contributed by atoms with E-state index in [1.165, 1.54) is 6.33 Å². The summed E-state index contributed by atoms with van der Waals surface area (Å²) in [6, 6.07) is 6.79. The Labute approximate surface area is 118 Å². The van der Waals surface area contributed by atoms with Crippen molar-refractivity contribution in [3.63, 3.8) is 0 Å². The molecule has 1 aromatic carbocycles. The van der Waals surface area contributed by atoms with Crippen LogP contribution >= 0.6 is 0 Å². The van der Waals surface area contributed by atoms with Crippen molar-refractivity contribution < 1.29 is 14.7 Å². The lowest BCUT2D eigenvalue weighted by molar-refractivity contribution is 0.288.